The summed E-state index contributed by atoms with van der Waals surface area (Å²) in [5, 5.41) is 0. The molecular formula is C18H21ClN2O3S. The highest BCUT2D eigenvalue weighted by Crippen LogP contribution is 2.27. The lowest BCUT2D eigenvalue weighted by molar-refractivity contribution is 0.103. The summed E-state index contributed by atoms with van der Waals surface area (Å²) in [7, 11) is -3.71. The van der Waals surface area contributed by atoms with E-state index in [2.05, 4.69) is 0 Å². The number of benzene rings is 2. The Labute approximate surface area is 154 Å². The van der Waals surface area contributed by atoms with Crippen molar-refractivity contribution < 1.29 is 13.2 Å². The SMILES string of the molecule is Cl.NCC1CCN(S(=O)(=O)c2ccccc2C(=O)c2ccccc2)C1. The van der Waals surface area contributed by atoms with Gasteiger partial charge in [-0.25, -0.2) is 8.42 Å². The Morgan fingerprint density at radius 3 is 2.36 bits per heavy atom. The van der Waals surface area contributed by atoms with Crippen molar-refractivity contribution in [2.75, 3.05) is 19.6 Å². The van der Waals surface area contributed by atoms with Crippen LogP contribution in [-0.4, -0.2) is 38.1 Å². The van der Waals surface area contributed by atoms with Crippen LogP contribution < -0.4 is 5.73 Å². The largest absolute Gasteiger partial charge is 0.330 e. The third-order valence-electron chi connectivity index (χ3n) is 4.37. The fraction of sp³-hybridized carbons (Fsp3) is 0.278. The minimum Gasteiger partial charge on any atom is -0.330 e. The van der Waals surface area contributed by atoms with Crippen LogP contribution in [0.2, 0.25) is 0 Å². The molecule has 2 N–H and O–H groups in total. The van der Waals surface area contributed by atoms with Crippen LogP contribution in [0.3, 0.4) is 0 Å². The smallest absolute Gasteiger partial charge is 0.243 e. The summed E-state index contributed by atoms with van der Waals surface area (Å²) < 4.78 is 27.4. The number of carbonyl (C=O) groups excluding carboxylic acids is 1. The third-order valence-corrected chi connectivity index (χ3v) is 6.29. The van der Waals surface area contributed by atoms with E-state index >= 15 is 0 Å². The monoisotopic (exact) mass is 380 g/mol. The topological polar surface area (TPSA) is 80.5 Å². The van der Waals surface area contributed by atoms with Crippen molar-refractivity contribution in [3.63, 3.8) is 0 Å². The molecule has 0 saturated carbocycles. The van der Waals surface area contributed by atoms with Gasteiger partial charge in [0.25, 0.3) is 0 Å². The molecule has 0 radical (unpaired) electrons. The van der Waals surface area contributed by atoms with Gasteiger partial charge in [-0.05, 0) is 31.0 Å². The van der Waals surface area contributed by atoms with Gasteiger partial charge in [0.2, 0.25) is 10.0 Å². The third kappa shape index (κ3) is 3.93. The minimum atomic E-state index is -3.71. The summed E-state index contributed by atoms with van der Waals surface area (Å²) in [5.41, 5.74) is 6.34. The van der Waals surface area contributed by atoms with Gasteiger partial charge in [0, 0.05) is 24.2 Å². The number of halogens is 1. The summed E-state index contributed by atoms with van der Waals surface area (Å²) in [4.78, 5) is 12.8. The van der Waals surface area contributed by atoms with E-state index in [-0.39, 0.29) is 34.6 Å². The van der Waals surface area contributed by atoms with Gasteiger partial charge in [0.15, 0.2) is 5.78 Å². The number of rotatable bonds is 5. The maximum Gasteiger partial charge on any atom is 0.243 e. The Morgan fingerprint density at radius 2 is 1.72 bits per heavy atom. The second-order valence-corrected chi connectivity index (χ2v) is 7.85. The molecule has 2 aromatic rings. The van der Waals surface area contributed by atoms with Crippen molar-refractivity contribution in [1.29, 1.82) is 0 Å². The van der Waals surface area contributed by atoms with E-state index in [4.69, 9.17) is 5.73 Å². The van der Waals surface area contributed by atoms with Crippen LogP contribution >= 0.6 is 12.4 Å². The Balaban J connectivity index is 0.00000225. The first-order chi connectivity index (χ1) is 11.5. The second kappa shape index (κ2) is 8.10. The molecule has 0 bridgehead atoms. The summed E-state index contributed by atoms with van der Waals surface area (Å²) >= 11 is 0. The van der Waals surface area contributed by atoms with Crippen LogP contribution in [0.15, 0.2) is 59.5 Å². The number of sulfonamides is 1. The molecule has 1 aliphatic rings. The first-order valence-electron chi connectivity index (χ1n) is 7.93. The highest BCUT2D eigenvalue weighted by atomic mass is 35.5. The van der Waals surface area contributed by atoms with Crippen molar-refractivity contribution >= 4 is 28.2 Å². The number of carbonyl (C=O) groups is 1. The quantitative estimate of drug-likeness (QED) is 0.807. The van der Waals surface area contributed by atoms with Crippen molar-refractivity contribution in [3.05, 3.63) is 65.7 Å². The maximum atomic E-state index is 13.0. The standard InChI is InChI=1S/C18H20N2O3S.ClH/c19-12-14-10-11-20(13-14)24(22,23)17-9-5-4-8-16(17)18(21)15-6-2-1-3-7-15;/h1-9,14H,10-13,19H2;1H. The van der Waals surface area contributed by atoms with Gasteiger partial charge in [-0.2, -0.15) is 4.31 Å². The van der Waals surface area contributed by atoms with E-state index in [1.54, 1.807) is 42.5 Å². The fourth-order valence-electron chi connectivity index (χ4n) is 2.97. The normalized spacial score (nSPS) is 17.9. The molecule has 1 atom stereocenters. The van der Waals surface area contributed by atoms with Crippen LogP contribution in [-0.2, 0) is 10.0 Å². The van der Waals surface area contributed by atoms with E-state index < -0.39 is 10.0 Å². The summed E-state index contributed by atoms with van der Waals surface area (Å²) in [6.07, 6.45) is 0.754. The fourth-order valence-corrected chi connectivity index (χ4v) is 4.69. The number of hydrogen-bond donors (Lipinski definition) is 1. The van der Waals surface area contributed by atoms with E-state index in [1.807, 2.05) is 6.07 Å². The molecule has 1 unspecified atom stereocenters. The molecule has 0 spiro atoms. The first-order valence-corrected chi connectivity index (χ1v) is 9.37. The Hall–Kier alpha value is -1.73. The molecule has 3 rings (SSSR count). The van der Waals surface area contributed by atoms with Crippen LogP contribution in [0.4, 0.5) is 0 Å². The zero-order chi connectivity index (χ0) is 17.2. The Bertz CT molecular complexity index is 840. The van der Waals surface area contributed by atoms with Gasteiger partial charge in [0.1, 0.15) is 0 Å². The Kier molecular flexibility index (Phi) is 6.35. The second-order valence-electron chi connectivity index (χ2n) is 5.94. The summed E-state index contributed by atoms with van der Waals surface area (Å²) in [6.45, 7) is 1.32. The molecule has 134 valence electrons. The van der Waals surface area contributed by atoms with Gasteiger partial charge >= 0.3 is 0 Å². The zero-order valence-electron chi connectivity index (χ0n) is 13.7. The lowest BCUT2D eigenvalue weighted by Gasteiger charge is -2.18. The van der Waals surface area contributed by atoms with Crippen LogP contribution in [0, 0.1) is 5.92 Å². The summed E-state index contributed by atoms with van der Waals surface area (Å²) in [5.74, 6) is -0.110. The average molecular weight is 381 g/mol. The molecule has 0 aliphatic carbocycles. The van der Waals surface area contributed by atoms with Crippen molar-refractivity contribution in [2.45, 2.75) is 11.3 Å². The van der Waals surface area contributed by atoms with E-state index in [0.717, 1.165) is 6.42 Å². The highest BCUT2D eigenvalue weighted by Gasteiger charge is 2.34. The van der Waals surface area contributed by atoms with E-state index in [9.17, 15) is 13.2 Å². The van der Waals surface area contributed by atoms with Crippen LogP contribution in [0.5, 0.6) is 0 Å². The van der Waals surface area contributed by atoms with E-state index in [1.165, 1.54) is 10.4 Å². The van der Waals surface area contributed by atoms with Gasteiger partial charge < -0.3 is 5.73 Å². The zero-order valence-corrected chi connectivity index (χ0v) is 15.3. The van der Waals surface area contributed by atoms with E-state index in [0.29, 0.717) is 25.2 Å². The average Bonchev–Trinajstić information content (AvgIpc) is 3.12. The molecule has 0 amide bonds. The number of nitrogens with two attached hydrogens (primary N) is 1. The van der Waals surface area contributed by atoms with Crippen LogP contribution in [0.1, 0.15) is 22.3 Å². The Morgan fingerprint density at radius 1 is 1.08 bits per heavy atom. The molecule has 25 heavy (non-hydrogen) atoms. The maximum absolute atomic E-state index is 13.0. The highest BCUT2D eigenvalue weighted by molar-refractivity contribution is 7.89. The predicted octanol–water partition coefficient (Wildman–Crippen LogP) is 2.31. The van der Waals surface area contributed by atoms with Gasteiger partial charge in [-0.1, -0.05) is 42.5 Å². The molecule has 1 aliphatic heterocycles. The minimum absolute atomic E-state index is 0. The van der Waals surface area contributed by atoms with Gasteiger partial charge in [-0.15, -0.1) is 12.4 Å². The molecule has 2 aromatic carbocycles. The molecule has 1 fully saturated rings. The molecule has 7 heteroatoms. The molecule has 0 aromatic heterocycles. The van der Waals surface area contributed by atoms with Gasteiger partial charge in [0.05, 0.1) is 4.90 Å². The molecule has 1 saturated heterocycles. The predicted molar refractivity (Wildman–Crippen MR) is 99.5 cm³/mol. The lowest BCUT2D eigenvalue weighted by atomic mass is 10.0. The lowest BCUT2D eigenvalue weighted by Crippen LogP contribution is -2.31. The number of hydrogen-bond acceptors (Lipinski definition) is 4. The van der Waals surface area contributed by atoms with Crippen molar-refractivity contribution in [3.8, 4) is 0 Å². The summed E-state index contributed by atoms with van der Waals surface area (Å²) in [6, 6.07) is 15.1. The van der Waals surface area contributed by atoms with Crippen molar-refractivity contribution in [2.24, 2.45) is 11.7 Å². The van der Waals surface area contributed by atoms with Crippen LogP contribution in [0.25, 0.3) is 0 Å². The number of ketones is 1. The molecule has 1 heterocycles. The van der Waals surface area contributed by atoms with Crippen molar-refractivity contribution in [1.82, 2.24) is 4.31 Å². The van der Waals surface area contributed by atoms with Gasteiger partial charge in [-0.3, -0.25) is 4.79 Å². The first kappa shape index (κ1) is 19.6. The molecule has 5 nitrogen and oxygen atoms in total. The number of nitrogens with zero attached hydrogens (tertiary/aromatic N) is 1. The molecular weight excluding hydrogens is 360 g/mol.